The van der Waals surface area contributed by atoms with Gasteiger partial charge in [0.2, 0.25) is 15.9 Å². The molecule has 0 saturated heterocycles. The van der Waals surface area contributed by atoms with Crippen LogP contribution in [0, 0.1) is 0 Å². The predicted molar refractivity (Wildman–Crippen MR) is 68.3 cm³/mol. The molecule has 0 aliphatic rings. The Labute approximate surface area is 107 Å². The van der Waals surface area contributed by atoms with Crippen LogP contribution in [-0.2, 0) is 14.8 Å². The lowest BCUT2D eigenvalue weighted by atomic mass is 10.1. The fourth-order valence-corrected chi connectivity index (χ4v) is 1.98. The molecular formula is C11H17N3O3S. The van der Waals surface area contributed by atoms with Crippen LogP contribution in [0.5, 0.6) is 0 Å². The average molecular weight is 271 g/mol. The zero-order chi connectivity index (χ0) is 13.8. The summed E-state index contributed by atoms with van der Waals surface area (Å²) in [7, 11) is -2.15. The maximum atomic E-state index is 11.2. The molecule has 0 aliphatic heterocycles. The van der Waals surface area contributed by atoms with Crippen molar-refractivity contribution in [3.63, 3.8) is 0 Å². The Morgan fingerprint density at radius 1 is 1.44 bits per heavy atom. The van der Waals surface area contributed by atoms with Crippen molar-refractivity contribution in [3.05, 3.63) is 29.8 Å². The van der Waals surface area contributed by atoms with Crippen molar-refractivity contribution >= 4 is 15.9 Å². The molecule has 1 amide bonds. The molecule has 18 heavy (non-hydrogen) atoms. The molecule has 0 spiro atoms. The van der Waals surface area contributed by atoms with Crippen molar-refractivity contribution in [2.45, 2.75) is 17.9 Å². The molecule has 0 aromatic heterocycles. The van der Waals surface area contributed by atoms with Crippen LogP contribution in [-0.4, -0.2) is 27.9 Å². The predicted octanol–water partition coefficient (Wildman–Crippen LogP) is -0.269. The largest absolute Gasteiger partial charge is 0.358 e. The monoisotopic (exact) mass is 271 g/mol. The van der Waals surface area contributed by atoms with Crippen molar-refractivity contribution in [2.24, 2.45) is 5.14 Å². The zero-order valence-corrected chi connectivity index (χ0v) is 11.1. The molecule has 7 heteroatoms. The van der Waals surface area contributed by atoms with E-state index in [1.54, 1.807) is 19.2 Å². The second kappa shape index (κ2) is 5.94. The Morgan fingerprint density at radius 2 is 2.11 bits per heavy atom. The van der Waals surface area contributed by atoms with E-state index in [0.717, 1.165) is 5.56 Å². The number of primary sulfonamides is 1. The summed E-state index contributed by atoms with van der Waals surface area (Å²) >= 11 is 0. The van der Waals surface area contributed by atoms with Gasteiger partial charge in [0.1, 0.15) is 0 Å². The van der Waals surface area contributed by atoms with E-state index in [4.69, 9.17) is 5.14 Å². The lowest BCUT2D eigenvalue weighted by molar-refractivity contribution is -0.119. The number of nitrogens with two attached hydrogens (primary N) is 1. The van der Waals surface area contributed by atoms with Crippen molar-refractivity contribution in [1.29, 1.82) is 0 Å². The molecule has 0 bridgehead atoms. The smallest absolute Gasteiger partial charge is 0.238 e. The number of carbonyl (C=O) groups is 1. The van der Waals surface area contributed by atoms with E-state index in [0.29, 0.717) is 0 Å². The van der Waals surface area contributed by atoms with E-state index in [1.807, 2.05) is 6.92 Å². The maximum absolute atomic E-state index is 11.2. The van der Waals surface area contributed by atoms with Crippen LogP contribution in [0.25, 0.3) is 0 Å². The first-order chi connectivity index (χ1) is 8.34. The van der Waals surface area contributed by atoms with Crippen LogP contribution in [0.15, 0.2) is 29.2 Å². The molecule has 0 aliphatic carbocycles. The molecule has 6 nitrogen and oxygen atoms in total. The van der Waals surface area contributed by atoms with E-state index < -0.39 is 10.0 Å². The molecule has 1 rings (SSSR count). The fraction of sp³-hybridized carbons (Fsp3) is 0.364. The summed E-state index contributed by atoms with van der Waals surface area (Å²) in [5.41, 5.74) is 0.755. The number of likely N-dealkylation sites (N-methyl/N-ethyl adjacent to an activating group) is 1. The highest BCUT2D eigenvalue weighted by Gasteiger charge is 2.11. The van der Waals surface area contributed by atoms with Crippen LogP contribution >= 0.6 is 0 Å². The van der Waals surface area contributed by atoms with Crippen molar-refractivity contribution in [1.82, 2.24) is 10.6 Å². The van der Waals surface area contributed by atoms with Gasteiger partial charge in [-0.2, -0.15) is 0 Å². The van der Waals surface area contributed by atoms with E-state index in [1.165, 1.54) is 12.1 Å². The first-order valence-corrected chi connectivity index (χ1v) is 6.96. The number of hydrogen-bond donors (Lipinski definition) is 3. The van der Waals surface area contributed by atoms with Gasteiger partial charge < -0.3 is 10.6 Å². The molecule has 0 fully saturated rings. The summed E-state index contributed by atoms with van der Waals surface area (Å²) in [6, 6.07) is 6.17. The molecular weight excluding hydrogens is 254 g/mol. The standard InChI is InChI=1S/C11H17N3O3S/c1-8(14-7-11(15)13-2)9-4-3-5-10(6-9)18(12,16)17/h3-6,8,14H,7H2,1-2H3,(H,13,15)(H2,12,16,17). The lowest BCUT2D eigenvalue weighted by Crippen LogP contribution is -2.32. The SMILES string of the molecule is CNC(=O)CNC(C)c1cccc(S(N)(=O)=O)c1. The van der Waals surface area contributed by atoms with Crippen molar-refractivity contribution < 1.29 is 13.2 Å². The van der Waals surface area contributed by atoms with Gasteiger partial charge in [0.25, 0.3) is 0 Å². The second-order valence-corrected chi connectivity index (χ2v) is 5.45. The molecule has 0 radical (unpaired) electrons. The number of carbonyl (C=O) groups excluding carboxylic acids is 1. The molecule has 1 aromatic carbocycles. The van der Waals surface area contributed by atoms with Crippen LogP contribution in [0.3, 0.4) is 0 Å². The summed E-state index contributed by atoms with van der Waals surface area (Å²) in [6.07, 6.45) is 0. The quantitative estimate of drug-likeness (QED) is 0.686. The van der Waals surface area contributed by atoms with Gasteiger partial charge in [0, 0.05) is 13.1 Å². The molecule has 1 atom stereocenters. The van der Waals surface area contributed by atoms with Gasteiger partial charge in [-0.3, -0.25) is 4.79 Å². The van der Waals surface area contributed by atoms with Gasteiger partial charge in [-0.25, -0.2) is 13.6 Å². The van der Waals surface area contributed by atoms with E-state index in [-0.39, 0.29) is 23.4 Å². The lowest BCUT2D eigenvalue weighted by Gasteiger charge is -2.14. The Morgan fingerprint density at radius 3 is 2.67 bits per heavy atom. The summed E-state index contributed by atoms with van der Waals surface area (Å²) in [5.74, 6) is -0.135. The average Bonchev–Trinajstić information content (AvgIpc) is 2.34. The third-order valence-corrected chi connectivity index (χ3v) is 3.45. The molecule has 0 saturated carbocycles. The molecule has 4 N–H and O–H groups in total. The minimum atomic E-state index is -3.70. The third-order valence-electron chi connectivity index (χ3n) is 2.53. The molecule has 100 valence electrons. The number of amides is 1. The number of benzene rings is 1. The topological polar surface area (TPSA) is 101 Å². The highest BCUT2D eigenvalue weighted by atomic mass is 32.2. The first kappa shape index (κ1) is 14.6. The van der Waals surface area contributed by atoms with E-state index in [2.05, 4.69) is 10.6 Å². The van der Waals surface area contributed by atoms with Gasteiger partial charge in [0.05, 0.1) is 11.4 Å². The van der Waals surface area contributed by atoms with Crippen molar-refractivity contribution in [2.75, 3.05) is 13.6 Å². The summed E-state index contributed by atoms with van der Waals surface area (Å²) < 4.78 is 22.4. The minimum absolute atomic E-state index is 0.0635. The third kappa shape index (κ3) is 4.10. The van der Waals surface area contributed by atoms with Gasteiger partial charge in [-0.15, -0.1) is 0 Å². The number of hydrogen-bond acceptors (Lipinski definition) is 4. The van der Waals surface area contributed by atoms with Crippen LogP contribution in [0.2, 0.25) is 0 Å². The molecule has 1 unspecified atom stereocenters. The number of nitrogens with one attached hydrogen (secondary N) is 2. The maximum Gasteiger partial charge on any atom is 0.238 e. The summed E-state index contributed by atoms with van der Waals surface area (Å²) in [6.45, 7) is 2.00. The Bertz CT molecular complexity index is 528. The summed E-state index contributed by atoms with van der Waals surface area (Å²) in [5, 5.41) is 10.5. The van der Waals surface area contributed by atoms with Crippen LogP contribution < -0.4 is 15.8 Å². The Kier molecular flexibility index (Phi) is 4.83. The number of rotatable bonds is 5. The highest BCUT2D eigenvalue weighted by molar-refractivity contribution is 7.89. The van der Waals surface area contributed by atoms with E-state index >= 15 is 0 Å². The molecule has 1 aromatic rings. The van der Waals surface area contributed by atoms with Crippen molar-refractivity contribution in [3.8, 4) is 0 Å². The second-order valence-electron chi connectivity index (χ2n) is 3.89. The van der Waals surface area contributed by atoms with Gasteiger partial charge in [0.15, 0.2) is 0 Å². The van der Waals surface area contributed by atoms with Gasteiger partial charge >= 0.3 is 0 Å². The van der Waals surface area contributed by atoms with Gasteiger partial charge in [-0.05, 0) is 24.6 Å². The number of sulfonamides is 1. The Hall–Kier alpha value is -1.44. The fourth-order valence-electron chi connectivity index (χ4n) is 1.41. The Balaban J connectivity index is 2.81. The summed E-state index contributed by atoms with van der Waals surface area (Å²) in [4.78, 5) is 11.1. The first-order valence-electron chi connectivity index (χ1n) is 5.41. The highest BCUT2D eigenvalue weighted by Crippen LogP contribution is 2.16. The molecule has 0 heterocycles. The normalized spacial score (nSPS) is 13.1. The minimum Gasteiger partial charge on any atom is -0.358 e. The van der Waals surface area contributed by atoms with Crippen LogP contribution in [0.1, 0.15) is 18.5 Å². The van der Waals surface area contributed by atoms with Crippen LogP contribution in [0.4, 0.5) is 0 Å². The van der Waals surface area contributed by atoms with E-state index in [9.17, 15) is 13.2 Å². The van der Waals surface area contributed by atoms with Gasteiger partial charge in [-0.1, -0.05) is 12.1 Å². The zero-order valence-electron chi connectivity index (χ0n) is 10.3.